The van der Waals surface area contributed by atoms with Crippen LogP contribution in [0.25, 0.3) is 0 Å². The van der Waals surface area contributed by atoms with Gasteiger partial charge in [-0.1, -0.05) is 26.0 Å². The monoisotopic (exact) mass is 266 g/mol. The minimum absolute atomic E-state index is 0.000476. The standard InChI is InChI=1S/C14H22N2O3/c1-14(2,9-17)8-16-13(19)12(15)7-10-3-5-11(18)6-4-10/h3-6,12,17-18H,7-9,15H2,1-2H3,(H,16,19). The number of benzene rings is 1. The summed E-state index contributed by atoms with van der Waals surface area (Å²) < 4.78 is 0. The Labute approximate surface area is 113 Å². The van der Waals surface area contributed by atoms with Gasteiger partial charge in [-0.3, -0.25) is 4.79 Å². The molecule has 0 aliphatic heterocycles. The van der Waals surface area contributed by atoms with E-state index in [1.54, 1.807) is 24.3 Å². The van der Waals surface area contributed by atoms with Gasteiger partial charge in [0.05, 0.1) is 6.04 Å². The fourth-order valence-electron chi connectivity index (χ4n) is 1.49. The highest BCUT2D eigenvalue weighted by molar-refractivity contribution is 5.81. The number of aromatic hydroxyl groups is 1. The summed E-state index contributed by atoms with van der Waals surface area (Å²) >= 11 is 0. The summed E-state index contributed by atoms with van der Waals surface area (Å²) in [5, 5.41) is 21.0. The molecule has 1 unspecified atom stereocenters. The van der Waals surface area contributed by atoms with Gasteiger partial charge in [-0.25, -0.2) is 0 Å². The zero-order valence-electron chi connectivity index (χ0n) is 11.4. The van der Waals surface area contributed by atoms with Crippen LogP contribution in [-0.4, -0.2) is 35.3 Å². The number of rotatable bonds is 6. The predicted molar refractivity (Wildman–Crippen MR) is 73.7 cm³/mol. The van der Waals surface area contributed by atoms with E-state index in [-0.39, 0.29) is 23.7 Å². The van der Waals surface area contributed by atoms with Crippen molar-refractivity contribution in [1.82, 2.24) is 5.32 Å². The van der Waals surface area contributed by atoms with E-state index in [2.05, 4.69) is 5.32 Å². The summed E-state index contributed by atoms with van der Waals surface area (Å²) in [5.41, 5.74) is 6.36. The van der Waals surface area contributed by atoms with Gasteiger partial charge in [0.15, 0.2) is 0 Å². The number of phenolic OH excluding ortho intramolecular Hbond substituents is 1. The lowest BCUT2D eigenvalue weighted by atomic mass is 9.95. The van der Waals surface area contributed by atoms with Crippen LogP contribution in [0.15, 0.2) is 24.3 Å². The highest BCUT2D eigenvalue weighted by Crippen LogP contribution is 2.12. The van der Waals surface area contributed by atoms with Crippen LogP contribution >= 0.6 is 0 Å². The number of carbonyl (C=O) groups is 1. The summed E-state index contributed by atoms with van der Waals surface area (Å²) in [5.74, 6) is -0.0546. The number of hydrogen-bond acceptors (Lipinski definition) is 4. The van der Waals surface area contributed by atoms with E-state index in [1.807, 2.05) is 13.8 Å². The van der Waals surface area contributed by atoms with E-state index in [4.69, 9.17) is 15.9 Å². The third-order valence-electron chi connectivity index (χ3n) is 2.90. The molecule has 0 bridgehead atoms. The number of hydrogen-bond donors (Lipinski definition) is 4. The van der Waals surface area contributed by atoms with Crippen LogP contribution in [0.2, 0.25) is 0 Å². The normalized spacial score (nSPS) is 13.1. The lowest BCUT2D eigenvalue weighted by molar-refractivity contribution is -0.122. The van der Waals surface area contributed by atoms with Gasteiger partial charge in [0, 0.05) is 18.6 Å². The molecule has 0 saturated heterocycles. The number of aliphatic hydroxyl groups excluding tert-OH is 1. The van der Waals surface area contributed by atoms with Crippen molar-refractivity contribution in [3.63, 3.8) is 0 Å². The zero-order chi connectivity index (χ0) is 14.5. The van der Waals surface area contributed by atoms with Crippen molar-refractivity contribution in [2.24, 2.45) is 11.1 Å². The highest BCUT2D eigenvalue weighted by Gasteiger charge is 2.20. The summed E-state index contributed by atoms with van der Waals surface area (Å²) in [7, 11) is 0. The van der Waals surface area contributed by atoms with Gasteiger partial charge in [0.2, 0.25) is 5.91 Å². The average Bonchev–Trinajstić information content (AvgIpc) is 2.38. The number of carbonyl (C=O) groups excluding carboxylic acids is 1. The minimum Gasteiger partial charge on any atom is -0.508 e. The van der Waals surface area contributed by atoms with Crippen molar-refractivity contribution in [2.75, 3.05) is 13.2 Å². The van der Waals surface area contributed by atoms with Crippen LogP contribution < -0.4 is 11.1 Å². The number of nitrogens with two attached hydrogens (primary N) is 1. The fourth-order valence-corrected chi connectivity index (χ4v) is 1.49. The summed E-state index contributed by atoms with van der Waals surface area (Å²) in [6, 6.07) is 5.96. The molecule has 0 saturated carbocycles. The average molecular weight is 266 g/mol. The molecule has 1 rings (SSSR count). The Morgan fingerprint density at radius 2 is 1.95 bits per heavy atom. The largest absolute Gasteiger partial charge is 0.508 e. The Morgan fingerprint density at radius 1 is 1.37 bits per heavy atom. The van der Waals surface area contributed by atoms with Crippen molar-refractivity contribution in [1.29, 1.82) is 0 Å². The summed E-state index contributed by atoms with van der Waals surface area (Å²) in [6.07, 6.45) is 0.408. The number of phenols is 1. The number of aliphatic hydroxyl groups is 1. The molecule has 0 spiro atoms. The molecule has 0 radical (unpaired) electrons. The topological polar surface area (TPSA) is 95.6 Å². The Hall–Kier alpha value is -1.59. The zero-order valence-corrected chi connectivity index (χ0v) is 11.4. The molecule has 0 aliphatic rings. The van der Waals surface area contributed by atoms with E-state index in [9.17, 15) is 4.79 Å². The first-order valence-electron chi connectivity index (χ1n) is 6.26. The highest BCUT2D eigenvalue weighted by atomic mass is 16.3. The molecule has 19 heavy (non-hydrogen) atoms. The predicted octanol–water partition coefficient (Wildman–Crippen LogP) is 0.397. The van der Waals surface area contributed by atoms with E-state index in [0.717, 1.165) is 5.56 Å². The molecule has 5 nitrogen and oxygen atoms in total. The third kappa shape index (κ3) is 5.28. The number of nitrogens with one attached hydrogen (secondary N) is 1. The van der Waals surface area contributed by atoms with Crippen LogP contribution in [0.1, 0.15) is 19.4 Å². The maximum atomic E-state index is 11.8. The Kier molecular flexibility index (Phi) is 5.32. The maximum Gasteiger partial charge on any atom is 0.237 e. The van der Waals surface area contributed by atoms with Crippen LogP contribution in [0.5, 0.6) is 5.75 Å². The molecule has 0 fully saturated rings. The molecule has 1 aromatic carbocycles. The van der Waals surface area contributed by atoms with Crippen LogP contribution in [0, 0.1) is 5.41 Å². The molecule has 1 aromatic rings. The first-order valence-corrected chi connectivity index (χ1v) is 6.26. The third-order valence-corrected chi connectivity index (χ3v) is 2.90. The van der Waals surface area contributed by atoms with Crippen molar-refractivity contribution in [3.8, 4) is 5.75 Å². The van der Waals surface area contributed by atoms with Gasteiger partial charge in [-0.05, 0) is 24.1 Å². The van der Waals surface area contributed by atoms with Crippen LogP contribution in [0.4, 0.5) is 0 Å². The lowest BCUT2D eigenvalue weighted by Gasteiger charge is -2.23. The van der Waals surface area contributed by atoms with Crippen molar-refractivity contribution in [3.05, 3.63) is 29.8 Å². The first kappa shape index (κ1) is 15.5. The molecule has 5 heteroatoms. The summed E-state index contributed by atoms with van der Waals surface area (Å²) in [4.78, 5) is 11.8. The van der Waals surface area contributed by atoms with Gasteiger partial charge in [0.25, 0.3) is 0 Å². The molecule has 106 valence electrons. The second kappa shape index (κ2) is 6.54. The quantitative estimate of drug-likeness (QED) is 0.599. The molecule has 5 N–H and O–H groups in total. The van der Waals surface area contributed by atoms with Crippen LogP contribution in [0.3, 0.4) is 0 Å². The second-order valence-electron chi connectivity index (χ2n) is 5.52. The SMILES string of the molecule is CC(C)(CO)CNC(=O)C(N)Cc1ccc(O)cc1. The van der Waals surface area contributed by atoms with Gasteiger partial charge in [-0.15, -0.1) is 0 Å². The van der Waals surface area contributed by atoms with Crippen molar-refractivity contribution < 1.29 is 15.0 Å². The second-order valence-corrected chi connectivity index (χ2v) is 5.52. The van der Waals surface area contributed by atoms with Gasteiger partial charge < -0.3 is 21.3 Å². The van der Waals surface area contributed by atoms with Gasteiger partial charge >= 0.3 is 0 Å². The van der Waals surface area contributed by atoms with E-state index < -0.39 is 6.04 Å². The number of amides is 1. The Morgan fingerprint density at radius 3 is 2.47 bits per heavy atom. The Bertz CT molecular complexity index is 415. The molecular formula is C14H22N2O3. The molecule has 0 heterocycles. The smallest absolute Gasteiger partial charge is 0.237 e. The molecule has 1 atom stereocenters. The lowest BCUT2D eigenvalue weighted by Crippen LogP contribution is -2.45. The van der Waals surface area contributed by atoms with E-state index in [0.29, 0.717) is 13.0 Å². The van der Waals surface area contributed by atoms with Gasteiger partial charge in [0.1, 0.15) is 5.75 Å². The molecule has 0 aromatic heterocycles. The minimum atomic E-state index is -0.640. The van der Waals surface area contributed by atoms with Gasteiger partial charge in [-0.2, -0.15) is 0 Å². The first-order chi connectivity index (χ1) is 8.84. The fraction of sp³-hybridized carbons (Fsp3) is 0.500. The van der Waals surface area contributed by atoms with Crippen molar-refractivity contribution >= 4 is 5.91 Å². The van der Waals surface area contributed by atoms with Crippen LogP contribution in [-0.2, 0) is 11.2 Å². The molecule has 0 aliphatic carbocycles. The Balaban J connectivity index is 2.47. The van der Waals surface area contributed by atoms with E-state index >= 15 is 0 Å². The molecular weight excluding hydrogens is 244 g/mol. The molecule has 1 amide bonds. The van der Waals surface area contributed by atoms with E-state index in [1.165, 1.54) is 0 Å². The maximum absolute atomic E-state index is 11.8. The van der Waals surface area contributed by atoms with Crippen molar-refractivity contribution in [2.45, 2.75) is 26.3 Å². The summed E-state index contributed by atoms with van der Waals surface area (Å²) in [6.45, 7) is 4.10.